The predicted octanol–water partition coefficient (Wildman–Crippen LogP) is 6.15. The molecular formula is C24H19ClO3. The average Bonchev–Trinajstić information content (AvgIpc) is 3.01. The molecule has 0 radical (unpaired) electrons. The summed E-state index contributed by atoms with van der Waals surface area (Å²) in [6.07, 6.45) is 1.77. The van der Waals surface area contributed by atoms with Crippen LogP contribution in [0.2, 0.25) is 5.02 Å². The Kier molecular flexibility index (Phi) is 4.93. The van der Waals surface area contributed by atoms with Gasteiger partial charge in [0.25, 0.3) is 0 Å². The third-order valence-electron chi connectivity index (χ3n) is 4.75. The summed E-state index contributed by atoms with van der Waals surface area (Å²) in [4.78, 5) is 12.7. The molecule has 1 aliphatic heterocycles. The van der Waals surface area contributed by atoms with Crippen LogP contribution in [0.3, 0.4) is 0 Å². The zero-order chi connectivity index (χ0) is 19.7. The van der Waals surface area contributed by atoms with Crippen LogP contribution in [-0.4, -0.2) is 5.78 Å². The molecule has 3 nitrogen and oxygen atoms in total. The lowest BCUT2D eigenvalue weighted by Crippen LogP contribution is -1.99. The molecule has 3 aromatic carbocycles. The number of hydrogen-bond acceptors (Lipinski definition) is 3. The first kappa shape index (κ1) is 18.3. The topological polar surface area (TPSA) is 35.5 Å². The van der Waals surface area contributed by atoms with E-state index in [2.05, 4.69) is 0 Å². The second-order valence-corrected chi connectivity index (χ2v) is 7.20. The maximum atomic E-state index is 12.7. The number of halogens is 1. The van der Waals surface area contributed by atoms with Gasteiger partial charge >= 0.3 is 0 Å². The molecule has 0 atom stereocenters. The molecule has 0 spiro atoms. The van der Waals surface area contributed by atoms with Crippen LogP contribution in [0.5, 0.6) is 11.5 Å². The number of benzene rings is 3. The maximum absolute atomic E-state index is 12.7. The Labute approximate surface area is 169 Å². The molecule has 0 N–H and O–H groups in total. The summed E-state index contributed by atoms with van der Waals surface area (Å²) in [6.45, 7) is 4.26. The molecular weight excluding hydrogens is 372 g/mol. The highest BCUT2D eigenvalue weighted by Gasteiger charge is 2.30. The first-order valence-corrected chi connectivity index (χ1v) is 9.41. The van der Waals surface area contributed by atoms with E-state index in [0.29, 0.717) is 34.5 Å². The van der Waals surface area contributed by atoms with Crippen LogP contribution in [0, 0.1) is 13.8 Å². The van der Waals surface area contributed by atoms with E-state index in [1.54, 1.807) is 18.2 Å². The highest BCUT2D eigenvalue weighted by Crippen LogP contribution is 2.39. The van der Waals surface area contributed by atoms with Crippen molar-refractivity contribution in [3.05, 3.63) is 99.3 Å². The van der Waals surface area contributed by atoms with E-state index in [9.17, 15) is 4.79 Å². The number of rotatable bonds is 4. The van der Waals surface area contributed by atoms with Gasteiger partial charge in [-0.2, -0.15) is 0 Å². The van der Waals surface area contributed by atoms with Gasteiger partial charge in [0.1, 0.15) is 18.1 Å². The van der Waals surface area contributed by atoms with E-state index in [-0.39, 0.29) is 5.78 Å². The number of hydrogen-bond donors (Lipinski definition) is 0. The molecule has 140 valence electrons. The van der Waals surface area contributed by atoms with Gasteiger partial charge in [-0.15, -0.1) is 0 Å². The summed E-state index contributed by atoms with van der Waals surface area (Å²) >= 11 is 6.19. The van der Waals surface area contributed by atoms with Gasteiger partial charge in [-0.05, 0) is 43.7 Å². The molecule has 0 unspecified atom stereocenters. The minimum absolute atomic E-state index is 0.115. The van der Waals surface area contributed by atoms with E-state index < -0.39 is 0 Å². The molecule has 4 rings (SSSR count). The standard InChI is InChI=1S/C24H19ClO3/c1-15-7-9-17(10-8-15)13-22-23(26)19-11-12-21(16(2)24(19)28-22)27-14-18-5-3-4-6-20(18)25/h3-13H,14H2,1-2H3/b22-13-. The van der Waals surface area contributed by atoms with Crippen molar-refractivity contribution >= 4 is 23.5 Å². The normalized spacial score (nSPS) is 14.1. The van der Waals surface area contributed by atoms with Crippen molar-refractivity contribution in [1.82, 2.24) is 0 Å². The monoisotopic (exact) mass is 390 g/mol. The molecule has 0 aromatic heterocycles. The number of ether oxygens (including phenoxy) is 2. The molecule has 0 fully saturated rings. The zero-order valence-corrected chi connectivity index (χ0v) is 16.4. The van der Waals surface area contributed by atoms with E-state index in [1.165, 1.54) is 5.56 Å². The first-order chi connectivity index (χ1) is 13.5. The largest absolute Gasteiger partial charge is 0.488 e. The van der Waals surface area contributed by atoms with Crippen molar-refractivity contribution in [3.8, 4) is 11.5 Å². The van der Waals surface area contributed by atoms with Crippen LogP contribution in [0.4, 0.5) is 0 Å². The lowest BCUT2D eigenvalue weighted by Gasteiger charge is -2.12. The summed E-state index contributed by atoms with van der Waals surface area (Å²) in [5.74, 6) is 1.43. The Bertz CT molecular complexity index is 1080. The van der Waals surface area contributed by atoms with Crippen molar-refractivity contribution in [2.24, 2.45) is 0 Å². The minimum Gasteiger partial charge on any atom is -0.488 e. The van der Waals surface area contributed by atoms with Gasteiger partial charge in [0, 0.05) is 16.1 Å². The van der Waals surface area contributed by atoms with Crippen LogP contribution in [-0.2, 0) is 6.61 Å². The van der Waals surface area contributed by atoms with Gasteiger partial charge < -0.3 is 9.47 Å². The Morgan fingerprint density at radius 2 is 1.75 bits per heavy atom. The molecule has 4 heteroatoms. The number of fused-ring (bicyclic) bond motifs is 1. The molecule has 1 heterocycles. The molecule has 0 bridgehead atoms. The van der Waals surface area contributed by atoms with Crippen molar-refractivity contribution in [3.63, 3.8) is 0 Å². The number of carbonyl (C=O) groups is 1. The fraction of sp³-hybridized carbons (Fsp3) is 0.125. The molecule has 28 heavy (non-hydrogen) atoms. The van der Waals surface area contributed by atoms with Crippen molar-refractivity contribution < 1.29 is 14.3 Å². The van der Waals surface area contributed by atoms with E-state index in [0.717, 1.165) is 16.7 Å². The molecule has 0 saturated heterocycles. The van der Waals surface area contributed by atoms with Gasteiger partial charge in [-0.3, -0.25) is 4.79 Å². The summed E-state index contributed by atoms with van der Waals surface area (Å²) in [5, 5.41) is 0.663. The Morgan fingerprint density at radius 1 is 1.00 bits per heavy atom. The van der Waals surface area contributed by atoms with E-state index in [1.807, 2.05) is 62.4 Å². The van der Waals surface area contributed by atoms with E-state index >= 15 is 0 Å². The highest BCUT2D eigenvalue weighted by atomic mass is 35.5. The van der Waals surface area contributed by atoms with E-state index in [4.69, 9.17) is 21.1 Å². The summed E-state index contributed by atoms with van der Waals surface area (Å²) in [6, 6.07) is 19.1. The summed E-state index contributed by atoms with van der Waals surface area (Å²) in [7, 11) is 0. The first-order valence-electron chi connectivity index (χ1n) is 9.03. The second-order valence-electron chi connectivity index (χ2n) is 6.80. The predicted molar refractivity (Wildman–Crippen MR) is 111 cm³/mol. The second kappa shape index (κ2) is 7.53. The Hall–Kier alpha value is -3.04. The fourth-order valence-corrected chi connectivity index (χ4v) is 3.30. The number of aryl methyl sites for hydroxylation is 1. The Morgan fingerprint density at radius 3 is 2.50 bits per heavy atom. The number of Topliss-reactive ketones (excluding diaryl/α,β-unsaturated/α-hetero) is 1. The minimum atomic E-state index is -0.115. The van der Waals surface area contributed by atoms with Gasteiger partial charge in [-0.25, -0.2) is 0 Å². The molecule has 0 amide bonds. The van der Waals surface area contributed by atoms with Gasteiger partial charge in [0.2, 0.25) is 5.78 Å². The molecule has 0 saturated carbocycles. The lowest BCUT2D eigenvalue weighted by molar-refractivity contribution is 0.101. The quantitative estimate of drug-likeness (QED) is 0.501. The van der Waals surface area contributed by atoms with Crippen LogP contribution in [0.15, 0.2) is 66.4 Å². The fourth-order valence-electron chi connectivity index (χ4n) is 3.11. The lowest BCUT2D eigenvalue weighted by atomic mass is 10.1. The molecule has 0 aliphatic carbocycles. The van der Waals surface area contributed by atoms with Crippen LogP contribution in [0.25, 0.3) is 6.08 Å². The van der Waals surface area contributed by atoms with Gasteiger partial charge in [0.05, 0.1) is 5.56 Å². The number of ketones is 1. The van der Waals surface area contributed by atoms with Crippen LogP contribution in [0.1, 0.15) is 32.6 Å². The zero-order valence-electron chi connectivity index (χ0n) is 15.7. The Balaban J connectivity index is 1.58. The van der Waals surface area contributed by atoms with Crippen LogP contribution >= 0.6 is 11.6 Å². The molecule has 1 aliphatic rings. The van der Waals surface area contributed by atoms with Crippen molar-refractivity contribution in [2.75, 3.05) is 0 Å². The highest BCUT2D eigenvalue weighted by molar-refractivity contribution is 6.31. The van der Waals surface area contributed by atoms with Gasteiger partial charge in [-0.1, -0.05) is 59.6 Å². The summed E-state index contributed by atoms with van der Waals surface area (Å²) < 4.78 is 11.8. The third kappa shape index (κ3) is 3.54. The number of allylic oxidation sites excluding steroid dienone is 1. The smallest absolute Gasteiger partial charge is 0.231 e. The van der Waals surface area contributed by atoms with Gasteiger partial charge in [0.15, 0.2) is 5.76 Å². The third-order valence-corrected chi connectivity index (χ3v) is 5.12. The number of carbonyl (C=O) groups excluding carboxylic acids is 1. The van der Waals surface area contributed by atoms with Crippen molar-refractivity contribution in [1.29, 1.82) is 0 Å². The average molecular weight is 391 g/mol. The van der Waals surface area contributed by atoms with Crippen LogP contribution < -0.4 is 9.47 Å². The summed E-state index contributed by atoms with van der Waals surface area (Å²) in [5.41, 5.74) is 4.35. The molecule has 3 aromatic rings. The SMILES string of the molecule is Cc1ccc(/C=C2\Oc3c(ccc(OCc4ccccc4Cl)c3C)C2=O)cc1. The van der Waals surface area contributed by atoms with Crippen molar-refractivity contribution in [2.45, 2.75) is 20.5 Å². The maximum Gasteiger partial charge on any atom is 0.231 e.